The van der Waals surface area contributed by atoms with E-state index in [4.69, 9.17) is 14.7 Å². The minimum Gasteiger partial charge on any atom is -0.494 e. The fourth-order valence-electron chi connectivity index (χ4n) is 6.21. The number of methoxy groups -OCH3 is 1. The molecular formula is C31H36N8O. The van der Waals surface area contributed by atoms with Crippen LogP contribution in [-0.4, -0.2) is 88.8 Å². The van der Waals surface area contributed by atoms with E-state index in [0.717, 1.165) is 46.9 Å². The van der Waals surface area contributed by atoms with E-state index < -0.39 is 0 Å². The number of piperazine rings is 1. The van der Waals surface area contributed by atoms with Crippen LogP contribution in [0.5, 0.6) is 5.75 Å². The van der Waals surface area contributed by atoms with E-state index in [1.807, 2.05) is 12.3 Å². The number of aromatic nitrogens is 4. The molecule has 2 fully saturated rings. The number of benzene rings is 2. The quantitative estimate of drug-likeness (QED) is 0.321. The summed E-state index contributed by atoms with van der Waals surface area (Å²) in [6.45, 7) is 6.86. The maximum absolute atomic E-state index is 5.84. The molecule has 2 aromatic carbocycles. The first-order valence-electron chi connectivity index (χ1n) is 14.2. The van der Waals surface area contributed by atoms with Crippen LogP contribution in [-0.2, 0) is 0 Å². The van der Waals surface area contributed by atoms with Crippen molar-refractivity contribution < 1.29 is 4.74 Å². The monoisotopic (exact) mass is 536 g/mol. The highest BCUT2D eigenvalue weighted by atomic mass is 16.5. The molecule has 2 N–H and O–H groups in total. The Morgan fingerprint density at radius 2 is 1.75 bits per heavy atom. The molecule has 0 radical (unpaired) electrons. The number of H-pyrrole nitrogens is 1. The number of nitrogens with one attached hydrogen (secondary N) is 2. The smallest absolute Gasteiger partial charge is 0.231 e. The topological polar surface area (TPSA) is 77.5 Å². The molecule has 2 aliphatic rings. The lowest BCUT2D eigenvalue weighted by molar-refractivity contribution is 0.0982. The molecular weight excluding hydrogens is 500 g/mol. The second kappa shape index (κ2) is 10.5. The van der Waals surface area contributed by atoms with Gasteiger partial charge in [-0.05, 0) is 55.6 Å². The van der Waals surface area contributed by atoms with E-state index in [9.17, 15) is 0 Å². The Morgan fingerprint density at radius 1 is 0.925 bits per heavy atom. The van der Waals surface area contributed by atoms with Gasteiger partial charge < -0.3 is 29.4 Å². The lowest BCUT2D eigenvalue weighted by atomic mass is 10.0. The van der Waals surface area contributed by atoms with Crippen molar-refractivity contribution in [1.82, 2.24) is 29.3 Å². The zero-order valence-corrected chi connectivity index (χ0v) is 23.2. The zero-order chi connectivity index (χ0) is 27.1. The Bertz CT molecular complexity index is 1630. The molecule has 0 aliphatic carbocycles. The first-order chi connectivity index (χ1) is 19.7. The van der Waals surface area contributed by atoms with Crippen molar-refractivity contribution in [2.45, 2.75) is 18.9 Å². The van der Waals surface area contributed by atoms with Gasteiger partial charge in [0.1, 0.15) is 11.4 Å². The van der Waals surface area contributed by atoms with Crippen molar-refractivity contribution >= 4 is 39.3 Å². The van der Waals surface area contributed by atoms with Crippen LogP contribution in [0.25, 0.3) is 27.8 Å². The number of nitrogens with zero attached hydrogens (tertiary/aromatic N) is 6. The minimum atomic E-state index is 0.516. The second-order valence-corrected chi connectivity index (χ2v) is 10.9. The van der Waals surface area contributed by atoms with Crippen molar-refractivity contribution in [3.05, 3.63) is 67.0 Å². The Balaban J connectivity index is 1.11. The summed E-state index contributed by atoms with van der Waals surface area (Å²) in [6.07, 6.45) is 6.37. The SMILES string of the molecule is COc1cc(N2CCC(N3CCN(C)CC3)CC2)ccc1Nc1nc(-n2ccc3ccccc32)c2cc[nH]c2n1. The van der Waals surface area contributed by atoms with Gasteiger partial charge in [-0.3, -0.25) is 4.90 Å². The molecule has 9 heteroatoms. The fraction of sp³-hybridized carbons (Fsp3) is 0.355. The van der Waals surface area contributed by atoms with Crippen LogP contribution >= 0.6 is 0 Å². The van der Waals surface area contributed by atoms with Crippen molar-refractivity contribution in [1.29, 1.82) is 0 Å². The maximum atomic E-state index is 5.84. The average molecular weight is 537 g/mol. The first kappa shape index (κ1) is 24.9. The van der Waals surface area contributed by atoms with Crippen LogP contribution < -0.4 is 15.0 Å². The Kier molecular flexibility index (Phi) is 6.53. The van der Waals surface area contributed by atoms with Crippen LogP contribution in [0.1, 0.15) is 12.8 Å². The predicted octanol–water partition coefficient (Wildman–Crippen LogP) is 4.87. The minimum absolute atomic E-state index is 0.516. The molecule has 206 valence electrons. The van der Waals surface area contributed by atoms with Crippen LogP contribution in [0.15, 0.2) is 67.0 Å². The summed E-state index contributed by atoms with van der Waals surface area (Å²) < 4.78 is 7.95. The van der Waals surface area contributed by atoms with E-state index in [1.54, 1.807) is 7.11 Å². The molecule has 0 saturated carbocycles. The highest BCUT2D eigenvalue weighted by molar-refractivity contribution is 5.89. The number of hydrogen-bond acceptors (Lipinski definition) is 7. The molecule has 3 aromatic heterocycles. The van der Waals surface area contributed by atoms with Crippen molar-refractivity contribution in [3.8, 4) is 11.6 Å². The van der Waals surface area contributed by atoms with Gasteiger partial charge in [0.15, 0.2) is 5.82 Å². The van der Waals surface area contributed by atoms with Crippen LogP contribution in [0.3, 0.4) is 0 Å². The number of ether oxygens (including phenoxy) is 1. The summed E-state index contributed by atoms with van der Waals surface area (Å²) in [4.78, 5) is 20.6. The van der Waals surface area contributed by atoms with E-state index in [1.165, 1.54) is 50.1 Å². The normalized spacial score (nSPS) is 17.6. The largest absolute Gasteiger partial charge is 0.494 e. The number of likely N-dealkylation sites (N-methyl/N-ethyl adjacent to an activating group) is 1. The molecule has 0 spiro atoms. The number of rotatable bonds is 6. The van der Waals surface area contributed by atoms with Crippen LogP contribution in [0, 0.1) is 0 Å². The summed E-state index contributed by atoms with van der Waals surface area (Å²) in [5.41, 5.74) is 3.92. The van der Waals surface area contributed by atoms with Gasteiger partial charge in [0.05, 0.1) is 23.7 Å². The van der Waals surface area contributed by atoms with E-state index >= 15 is 0 Å². The zero-order valence-electron chi connectivity index (χ0n) is 23.2. The van der Waals surface area contributed by atoms with Crippen molar-refractivity contribution in [2.24, 2.45) is 0 Å². The summed E-state index contributed by atoms with van der Waals surface area (Å²) in [5.74, 6) is 2.12. The third-order valence-electron chi connectivity index (χ3n) is 8.54. The summed E-state index contributed by atoms with van der Waals surface area (Å²) in [5, 5.41) is 5.57. The molecule has 0 atom stereocenters. The van der Waals surface area contributed by atoms with Crippen LogP contribution in [0.2, 0.25) is 0 Å². The number of aromatic amines is 1. The number of para-hydroxylation sites is 1. The Labute approximate surface area is 234 Å². The maximum Gasteiger partial charge on any atom is 0.231 e. The fourth-order valence-corrected chi connectivity index (χ4v) is 6.21. The lowest BCUT2D eigenvalue weighted by Crippen LogP contribution is -2.52. The number of piperidine rings is 1. The van der Waals surface area contributed by atoms with Gasteiger partial charge in [-0.15, -0.1) is 0 Å². The highest BCUT2D eigenvalue weighted by Gasteiger charge is 2.27. The molecule has 7 rings (SSSR count). The Morgan fingerprint density at radius 3 is 2.58 bits per heavy atom. The summed E-state index contributed by atoms with van der Waals surface area (Å²) >= 11 is 0. The van der Waals surface area contributed by atoms with Crippen molar-refractivity contribution in [2.75, 3.05) is 63.6 Å². The lowest BCUT2D eigenvalue weighted by Gasteiger charge is -2.42. The summed E-state index contributed by atoms with van der Waals surface area (Å²) in [7, 11) is 3.94. The van der Waals surface area contributed by atoms with E-state index in [-0.39, 0.29) is 0 Å². The van der Waals surface area contributed by atoms with Gasteiger partial charge in [-0.25, -0.2) is 0 Å². The summed E-state index contributed by atoms with van der Waals surface area (Å²) in [6, 6.07) is 19.5. The van der Waals surface area contributed by atoms with Crippen LogP contribution in [0.4, 0.5) is 17.3 Å². The van der Waals surface area contributed by atoms with Gasteiger partial charge in [-0.2, -0.15) is 9.97 Å². The Hall–Kier alpha value is -4.08. The second-order valence-electron chi connectivity index (χ2n) is 10.9. The number of hydrogen-bond donors (Lipinski definition) is 2. The van der Waals surface area contributed by atoms with Gasteiger partial charge in [0, 0.05) is 69.5 Å². The number of fused-ring (bicyclic) bond motifs is 2. The van der Waals surface area contributed by atoms with E-state index in [2.05, 4.69) is 91.3 Å². The predicted molar refractivity (Wildman–Crippen MR) is 161 cm³/mol. The van der Waals surface area contributed by atoms with Crippen molar-refractivity contribution in [3.63, 3.8) is 0 Å². The van der Waals surface area contributed by atoms with E-state index in [0.29, 0.717) is 12.0 Å². The molecule has 40 heavy (non-hydrogen) atoms. The number of anilines is 3. The molecule has 2 aliphatic heterocycles. The highest BCUT2D eigenvalue weighted by Crippen LogP contribution is 2.34. The molecule has 2 saturated heterocycles. The first-order valence-corrected chi connectivity index (χ1v) is 14.2. The average Bonchev–Trinajstić information content (AvgIpc) is 3.65. The van der Waals surface area contributed by atoms with Gasteiger partial charge in [-0.1, -0.05) is 18.2 Å². The third-order valence-corrected chi connectivity index (χ3v) is 8.54. The molecule has 0 amide bonds. The third kappa shape index (κ3) is 4.65. The molecule has 0 bridgehead atoms. The van der Waals surface area contributed by atoms with Gasteiger partial charge in [0.2, 0.25) is 5.95 Å². The standard InChI is InChI=1S/C31H36N8O/c1-36-17-19-38(20-18-36)23-11-14-37(15-12-23)24-7-8-26(28(21-24)40-2)33-31-34-29-25(9-13-32-29)30(35-31)39-16-10-22-5-3-4-6-27(22)39/h3-10,13,16,21,23H,11-12,14-15,17-20H2,1-2H3,(H2,32,33,34,35). The molecule has 0 unspecified atom stereocenters. The molecule has 5 heterocycles. The molecule has 5 aromatic rings. The molecule has 9 nitrogen and oxygen atoms in total. The van der Waals surface area contributed by atoms with Gasteiger partial charge >= 0.3 is 0 Å². The van der Waals surface area contributed by atoms with Gasteiger partial charge in [0.25, 0.3) is 0 Å².